The van der Waals surface area contributed by atoms with Gasteiger partial charge in [-0.15, -0.1) is 0 Å². The van der Waals surface area contributed by atoms with Crippen molar-refractivity contribution in [2.24, 2.45) is 0 Å². The maximum absolute atomic E-state index is 10.9. The molecule has 9 aliphatic heterocycles. The maximum Gasteiger partial charge on any atom is 0.236 e. The van der Waals surface area contributed by atoms with Crippen LogP contribution in [-0.4, -0.2) is 358 Å². The van der Waals surface area contributed by atoms with E-state index in [1.165, 1.54) is 169 Å². The van der Waals surface area contributed by atoms with E-state index in [0.717, 1.165) is 39.4 Å². The second kappa shape index (κ2) is 40.3. The number of sulfone groups is 1. The molecule has 1 amide bonds. The number of nitrogens with zero attached hydrogens (tertiary/aromatic N) is 13. The van der Waals surface area contributed by atoms with Crippen molar-refractivity contribution in [3.8, 4) is 0 Å². The topological polar surface area (TPSA) is 103 Å². The average Bonchev–Trinajstić information content (AvgIpc) is 3.82. The summed E-state index contributed by atoms with van der Waals surface area (Å²) < 4.78 is 26.6. The van der Waals surface area contributed by atoms with E-state index in [9.17, 15) is 13.2 Å². The minimum absolute atomic E-state index is 0.226. The van der Waals surface area contributed by atoms with Crippen LogP contribution >= 0.6 is 0 Å². The number of likely N-dealkylation sites (tertiary alicyclic amines) is 3. The fraction of sp³-hybridized carbons (Fsp3) is 0.980. The summed E-state index contributed by atoms with van der Waals surface area (Å²) in [6, 6.07) is 0. The highest BCUT2D eigenvalue weighted by atomic mass is 32.2. The Balaban J connectivity index is 0.000000389. The normalized spacial score (nSPS) is 25.7. The predicted molar refractivity (Wildman–Crippen MR) is 294 cm³/mol. The second-order valence-corrected chi connectivity index (χ2v) is 23.8. The molecule has 18 heteroatoms. The number of carbonyl (C=O) groups is 1. The zero-order chi connectivity index (χ0) is 51.5. The van der Waals surface area contributed by atoms with Gasteiger partial charge < -0.3 is 63.5 Å². The lowest BCUT2D eigenvalue weighted by Gasteiger charge is -2.28. The van der Waals surface area contributed by atoms with Crippen LogP contribution in [0.5, 0.6) is 0 Å². The highest BCUT2D eigenvalue weighted by molar-refractivity contribution is 7.91. The van der Waals surface area contributed by atoms with E-state index in [2.05, 4.69) is 119 Å². The van der Waals surface area contributed by atoms with Gasteiger partial charge in [0.25, 0.3) is 0 Å². The molecule has 9 fully saturated rings. The first-order valence-electron chi connectivity index (χ1n) is 27.0. The lowest BCUT2D eigenvalue weighted by Crippen LogP contribution is -2.46. The maximum atomic E-state index is 10.9. The standard InChI is InChI=1S/C6H12N2O.3C6H14N2.2C6H13N.C5H11NO2S.C5H11NO.C5H11N/c1-7-3-4-8(2)6(9)5-7;3*1-7-3-5-8(2)6-4-7;2*1-7-5-3-2-4-6-7;1-6-2-4-9(7,8)5-3-6;1-6-2-4-7-5-3-6;1-6-4-2-3-5-6/h3-5H2,1-2H3;3*3-6H2,1-2H3;2*2-6H2,1H3;2-5H2,1H3;2-5H2,1H3;2-5H2,1H3. The Morgan fingerprint density at radius 3 is 0.710 bits per heavy atom. The molecule has 0 aromatic rings. The van der Waals surface area contributed by atoms with Gasteiger partial charge in [0.2, 0.25) is 5.91 Å². The van der Waals surface area contributed by atoms with Gasteiger partial charge in [-0.2, -0.15) is 0 Å². The minimum Gasteiger partial charge on any atom is -0.379 e. The monoisotopic (exact) mass is 1000 g/mol. The van der Waals surface area contributed by atoms with Crippen molar-refractivity contribution in [2.45, 2.75) is 51.4 Å². The zero-order valence-corrected chi connectivity index (χ0v) is 48.3. The van der Waals surface area contributed by atoms with Crippen molar-refractivity contribution in [1.29, 1.82) is 0 Å². The highest BCUT2D eigenvalue weighted by Crippen LogP contribution is 2.06. The number of morpholine rings is 1. The molecule has 9 rings (SSSR count). The molecule has 0 atom stereocenters. The van der Waals surface area contributed by atoms with Gasteiger partial charge in [-0.05, 0) is 162 Å². The van der Waals surface area contributed by atoms with Crippen LogP contribution in [0, 0.1) is 0 Å². The second-order valence-electron chi connectivity index (χ2n) is 21.5. The molecule has 9 heterocycles. The fourth-order valence-electron chi connectivity index (χ4n) is 8.03. The van der Waals surface area contributed by atoms with Gasteiger partial charge in [0.05, 0.1) is 31.3 Å². The van der Waals surface area contributed by atoms with Crippen LogP contribution in [0.4, 0.5) is 0 Å². The van der Waals surface area contributed by atoms with Gasteiger partial charge in [0.1, 0.15) is 0 Å². The van der Waals surface area contributed by atoms with Gasteiger partial charge in [0.15, 0.2) is 9.84 Å². The van der Waals surface area contributed by atoms with Gasteiger partial charge in [0, 0.05) is 125 Å². The number of rotatable bonds is 0. The molecule has 9 aliphatic rings. The van der Waals surface area contributed by atoms with Crippen molar-refractivity contribution in [3.63, 3.8) is 0 Å². The SMILES string of the molecule is CN1CCCC1.CN1CCCCC1.CN1CCCCC1.CN1CCN(C)C(=O)C1.CN1CCN(C)CC1.CN1CCN(C)CC1.CN1CCN(C)CC1.CN1CCOCC1.CN1CCS(=O)(=O)CC1. The Morgan fingerprint density at radius 1 is 0.290 bits per heavy atom. The molecule has 9 saturated heterocycles. The first-order valence-corrected chi connectivity index (χ1v) is 28.8. The smallest absolute Gasteiger partial charge is 0.236 e. The molecule has 0 unspecified atom stereocenters. The lowest BCUT2D eigenvalue weighted by atomic mass is 10.1. The van der Waals surface area contributed by atoms with E-state index in [1.807, 2.05) is 30.9 Å². The highest BCUT2D eigenvalue weighted by Gasteiger charge is 2.19. The molecule has 17 nitrogen and oxygen atoms in total. The quantitative estimate of drug-likeness (QED) is 0.347. The van der Waals surface area contributed by atoms with Crippen molar-refractivity contribution in [2.75, 3.05) is 280 Å². The van der Waals surface area contributed by atoms with E-state index >= 15 is 0 Å². The van der Waals surface area contributed by atoms with Crippen LogP contribution in [0.1, 0.15) is 51.4 Å². The molecule has 0 aliphatic carbocycles. The first-order chi connectivity index (χ1) is 32.7. The minimum atomic E-state index is -2.66. The van der Waals surface area contributed by atoms with E-state index in [1.54, 1.807) is 4.90 Å². The van der Waals surface area contributed by atoms with Crippen molar-refractivity contribution in [1.82, 2.24) is 63.7 Å². The summed E-state index contributed by atoms with van der Waals surface area (Å²) >= 11 is 0. The molecular formula is C51H113N13O4S. The number of carbonyl (C=O) groups excluding carboxylic acids is 1. The number of likely N-dealkylation sites (N-methyl/N-ethyl adjacent to an activating group) is 9. The molecule has 0 aromatic carbocycles. The first kappa shape index (κ1) is 65.9. The van der Waals surface area contributed by atoms with Gasteiger partial charge in [-0.1, -0.05) is 12.8 Å². The molecule has 0 bridgehead atoms. The molecule has 0 radical (unpaired) electrons. The van der Waals surface area contributed by atoms with Crippen molar-refractivity contribution < 1.29 is 17.9 Å². The van der Waals surface area contributed by atoms with E-state index in [-0.39, 0.29) is 5.91 Å². The summed E-state index contributed by atoms with van der Waals surface area (Å²) in [5.41, 5.74) is 0. The molecule has 0 saturated carbocycles. The van der Waals surface area contributed by atoms with E-state index in [4.69, 9.17) is 4.74 Å². The molecule has 69 heavy (non-hydrogen) atoms. The molecular weight excluding hydrogens is 891 g/mol. The third-order valence-electron chi connectivity index (χ3n) is 14.1. The van der Waals surface area contributed by atoms with Gasteiger partial charge in [-0.3, -0.25) is 9.69 Å². The predicted octanol–water partition coefficient (Wildman–Crippen LogP) is 1.19. The average molecular weight is 1000 g/mol. The summed E-state index contributed by atoms with van der Waals surface area (Å²) in [5.74, 6) is 0.899. The third-order valence-corrected chi connectivity index (χ3v) is 15.7. The summed E-state index contributed by atoms with van der Waals surface area (Å²) in [6.07, 6.45) is 11.4. The number of ether oxygens (including phenoxy) is 1. The number of piperidine rings is 2. The van der Waals surface area contributed by atoms with E-state index < -0.39 is 9.84 Å². The summed E-state index contributed by atoms with van der Waals surface area (Å²) in [4.78, 5) is 40.3. The molecule has 0 N–H and O–H groups in total. The van der Waals surface area contributed by atoms with Crippen LogP contribution in [0.2, 0.25) is 0 Å². The number of piperazine rings is 4. The van der Waals surface area contributed by atoms with Crippen LogP contribution < -0.4 is 0 Å². The Morgan fingerprint density at radius 2 is 0.522 bits per heavy atom. The zero-order valence-electron chi connectivity index (χ0n) is 47.5. The van der Waals surface area contributed by atoms with Crippen LogP contribution in [-0.2, 0) is 19.4 Å². The molecule has 0 aromatic heterocycles. The van der Waals surface area contributed by atoms with E-state index in [0.29, 0.717) is 31.1 Å². The molecule has 412 valence electrons. The Bertz CT molecular complexity index is 1160. The third kappa shape index (κ3) is 39.1. The number of hydrogen-bond donors (Lipinski definition) is 0. The van der Waals surface area contributed by atoms with Crippen LogP contribution in [0.25, 0.3) is 0 Å². The van der Waals surface area contributed by atoms with Crippen molar-refractivity contribution in [3.05, 3.63) is 0 Å². The largest absolute Gasteiger partial charge is 0.379 e. The van der Waals surface area contributed by atoms with Crippen molar-refractivity contribution >= 4 is 15.7 Å². The summed E-state index contributed by atoms with van der Waals surface area (Å²) in [6.45, 7) is 30.6. The van der Waals surface area contributed by atoms with Crippen LogP contribution in [0.15, 0.2) is 0 Å². The fourth-order valence-corrected chi connectivity index (χ4v) is 9.42. The Labute approximate surface area is 427 Å². The number of hydrogen-bond acceptors (Lipinski definition) is 16. The molecule has 0 spiro atoms. The van der Waals surface area contributed by atoms with Gasteiger partial charge in [-0.25, -0.2) is 8.42 Å². The lowest BCUT2D eigenvalue weighted by molar-refractivity contribution is -0.133. The summed E-state index contributed by atoms with van der Waals surface area (Å²) in [5, 5.41) is 0. The van der Waals surface area contributed by atoms with Crippen LogP contribution in [0.3, 0.4) is 0 Å². The Hall–Kier alpha value is -1.10. The number of amides is 1. The van der Waals surface area contributed by atoms with Gasteiger partial charge >= 0.3 is 0 Å². The summed E-state index contributed by atoms with van der Waals surface area (Å²) in [7, 11) is 24.8. The Kier molecular flexibility index (Phi) is 38.5.